The van der Waals surface area contributed by atoms with Gasteiger partial charge in [0.1, 0.15) is 11.5 Å². The molecule has 1 heterocycles. The Labute approximate surface area is 110 Å². The van der Waals surface area contributed by atoms with Crippen LogP contribution in [0.1, 0.15) is 17.4 Å². The number of ether oxygens (including phenoxy) is 1. The van der Waals surface area contributed by atoms with Crippen LogP contribution >= 0.6 is 0 Å². The van der Waals surface area contributed by atoms with Crippen LogP contribution in [0.25, 0.3) is 0 Å². The second-order valence-electron chi connectivity index (χ2n) is 4.08. The van der Waals surface area contributed by atoms with E-state index >= 15 is 0 Å². The molecule has 1 atom stereocenters. The molecule has 0 saturated carbocycles. The van der Waals surface area contributed by atoms with Gasteiger partial charge in [-0.2, -0.15) is 8.78 Å². The fourth-order valence-corrected chi connectivity index (χ4v) is 1.92. The smallest absolute Gasteiger partial charge is 0.387 e. The van der Waals surface area contributed by atoms with E-state index in [9.17, 15) is 8.78 Å². The minimum atomic E-state index is -2.81. The molecular weight excluding hydrogens is 252 g/mol. The molecular formula is C14H15F2NO2. The van der Waals surface area contributed by atoms with Crippen molar-refractivity contribution in [3.8, 4) is 5.75 Å². The molecule has 2 aromatic rings. The Morgan fingerprint density at radius 2 is 2.11 bits per heavy atom. The first-order valence-electron chi connectivity index (χ1n) is 5.93. The van der Waals surface area contributed by atoms with Crippen molar-refractivity contribution in [1.29, 1.82) is 0 Å². The lowest BCUT2D eigenvalue weighted by atomic mass is 10.0. The van der Waals surface area contributed by atoms with Crippen molar-refractivity contribution in [1.82, 2.24) is 5.32 Å². The highest BCUT2D eigenvalue weighted by Crippen LogP contribution is 2.23. The van der Waals surface area contributed by atoms with E-state index in [0.717, 1.165) is 11.3 Å². The van der Waals surface area contributed by atoms with Gasteiger partial charge < -0.3 is 14.5 Å². The van der Waals surface area contributed by atoms with Crippen molar-refractivity contribution in [2.45, 2.75) is 19.1 Å². The number of hydrogen-bond donors (Lipinski definition) is 1. The van der Waals surface area contributed by atoms with Crippen LogP contribution in [0.2, 0.25) is 0 Å². The van der Waals surface area contributed by atoms with E-state index < -0.39 is 6.61 Å². The van der Waals surface area contributed by atoms with Gasteiger partial charge in [-0.3, -0.25) is 0 Å². The second-order valence-corrected chi connectivity index (χ2v) is 4.08. The van der Waals surface area contributed by atoms with E-state index in [2.05, 4.69) is 10.1 Å². The van der Waals surface area contributed by atoms with Crippen LogP contribution in [0.5, 0.6) is 5.75 Å². The molecule has 1 N–H and O–H groups in total. The number of furan rings is 1. The number of rotatable bonds is 6. The van der Waals surface area contributed by atoms with Crippen molar-refractivity contribution < 1.29 is 17.9 Å². The number of hydrogen-bond acceptors (Lipinski definition) is 3. The van der Waals surface area contributed by atoms with Gasteiger partial charge in [0.15, 0.2) is 0 Å². The number of nitrogens with one attached hydrogen (secondary N) is 1. The molecule has 3 nitrogen and oxygen atoms in total. The molecule has 2 rings (SSSR count). The third-order valence-corrected chi connectivity index (χ3v) is 2.82. The summed E-state index contributed by atoms with van der Waals surface area (Å²) in [6.07, 6.45) is 2.25. The highest BCUT2D eigenvalue weighted by molar-refractivity contribution is 5.31. The topological polar surface area (TPSA) is 34.4 Å². The van der Waals surface area contributed by atoms with Crippen LogP contribution in [-0.2, 0) is 6.42 Å². The van der Waals surface area contributed by atoms with Gasteiger partial charge in [-0.05, 0) is 36.9 Å². The first-order chi connectivity index (χ1) is 9.19. The number of benzene rings is 1. The van der Waals surface area contributed by atoms with Crippen molar-refractivity contribution in [2.75, 3.05) is 7.05 Å². The van der Waals surface area contributed by atoms with Gasteiger partial charge in [0, 0.05) is 12.5 Å². The third-order valence-electron chi connectivity index (χ3n) is 2.82. The van der Waals surface area contributed by atoms with Crippen LogP contribution < -0.4 is 10.1 Å². The summed E-state index contributed by atoms with van der Waals surface area (Å²) in [6, 6.07) is 10.3. The maximum Gasteiger partial charge on any atom is 0.387 e. The van der Waals surface area contributed by atoms with Crippen molar-refractivity contribution >= 4 is 0 Å². The minimum Gasteiger partial charge on any atom is -0.469 e. The summed E-state index contributed by atoms with van der Waals surface area (Å²) in [7, 11) is 1.81. The van der Waals surface area contributed by atoms with Gasteiger partial charge in [-0.25, -0.2) is 0 Å². The summed E-state index contributed by atoms with van der Waals surface area (Å²) in [5, 5.41) is 3.13. The van der Waals surface area contributed by atoms with Crippen LogP contribution in [0, 0.1) is 0 Å². The van der Waals surface area contributed by atoms with E-state index in [0.29, 0.717) is 6.42 Å². The average molecular weight is 267 g/mol. The zero-order chi connectivity index (χ0) is 13.7. The van der Waals surface area contributed by atoms with Crippen LogP contribution in [-0.4, -0.2) is 13.7 Å². The summed E-state index contributed by atoms with van der Waals surface area (Å²) < 4.78 is 34.1. The molecule has 0 amide bonds. The fraction of sp³-hybridized carbons (Fsp3) is 0.286. The Morgan fingerprint density at radius 1 is 1.26 bits per heavy atom. The van der Waals surface area contributed by atoms with Crippen molar-refractivity contribution in [2.24, 2.45) is 0 Å². The molecule has 0 fully saturated rings. The van der Waals surface area contributed by atoms with E-state index in [1.165, 1.54) is 6.07 Å². The summed E-state index contributed by atoms with van der Waals surface area (Å²) in [5.74, 6) is 0.992. The van der Waals surface area contributed by atoms with E-state index in [1.807, 2.05) is 25.2 Å². The third kappa shape index (κ3) is 3.79. The molecule has 1 aromatic carbocycles. The molecule has 0 spiro atoms. The van der Waals surface area contributed by atoms with Gasteiger partial charge in [0.2, 0.25) is 0 Å². The molecule has 1 aromatic heterocycles. The lowest BCUT2D eigenvalue weighted by Gasteiger charge is -2.16. The summed E-state index contributed by atoms with van der Waals surface area (Å²) in [6.45, 7) is -2.81. The Hall–Kier alpha value is -1.88. The second kappa shape index (κ2) is 6.33. The first kappa shape index (κ1) is 13.5. The fourth-order valence-electron chi connectivity index (χ4n) is 1.92. The van der Waals surface area contributed by atoms with Gasteiger partial charge in [0.25, 0.3) is 0 Å². The van der Waals surface area contributed by atoms with Crippen molar-refractivity contribution in [3.05, 3.63) is 54.0 Å². The molecule has 0 radical (unpaired) electrons. The van der Waals surface area contributed by atoms with Gasteiger partial charge in [-0.1, -0.05) is 12.1 Å². The minimum absolute atomic E-state index is 0.0210. The Balaban J connectivity index is 2.13. The van der Waals surface area contributed by atoms with Crippen LogP contribution in [0.3, 0.4) is 0 Å². The van der Waals surface area contributed by atoms with Gasteiger partial charge in [-0.15, -0.1) is 0 Å². The largest absolute Gasteiger partial charge is 0.469 e. The van der Waals surface area contributed by atoms with E-state index in [-0.39, 0.29) is 11.8 Å². The number of alkyl halides is 2. The predicted molar refractivity (Wildman–Crippen MR) is 67.3 cm³/mol. The Bertz CT molecular complexity index is 500. The maximum absolute atomic E-state index is 12.2. The quantitative estimate of drug-likeness (QED) is 0.871. The molecule has 0 saturated heterocycles. The highest BCUT2D eigenvalue weighted by Gasteiger charge is 2.13. The molecule has 0 aliphatic carbocycles. The van der Waals surface area contributed by atoms with Crippen molar-refractivity contribution in [3.63, 3.8) is 0 Å². The highest BCUT2D eigenvalue weighted by atomic mass is 19.3. The molecule has 19 heavy (non-hydrogen) atoms. The average Bonchev–Trinajstić information content (AvgIpc) is 2.88. The SMILES string of the molecule is CNC(Cc1ccco1)c1cccc(OC(F)F)c1. The molecule has 1 unspecified atom stereocenters. The summed E-state index contributed by atoms with van der Waals surface area (Å²) >= 11 is 0. The zero-order valence-electron chi connectivity index (χ0n) is 10.5. The Morgan fingerprint density at radius 3 is 2.74 bits per heavy atom. The molecule has 5 heteroatoms. The zero-order valence-corrected chi connectivity index (χ0v) is 10.5. The summed E-state index contributed by atoms with van der Waals surface area (Å²) in [5.41, 5.74) is 0.872. The molecule has 0 aliphatic rings. The van der Waals surface area contributed by atoms with Crippen LogP contribution in [0.4, 0.5) is 8.78 Å². The number of halogens is 2. The summed E-state index contributed by atoms with van der Waals surface area (Å²) in [4.78, 5) is 0. The van der Waals surface area contributed by atoms with E-state index in [1.54, 1.807) is 18.4 Å². The lowest BCUT2D eigenvalue weighted by molar-refractivity contribution is -0.0499. The van der Waals surface area contributed by atoms with Gasteiger partial charge >= 0.3 is 6.61 Å². The monoisotopic (exact) mass is 267 g/mol. The molecule has 102 valence electrons. The molecule has 0 bridgehead atoms. The Kier molecular flexibility index (Phi) is 4.52. The first-order valence-corrected chi connectivity index (χ1v) is 5.93. The lowest BCUT2D eigenvalue weighted by Crippen LogP contribution is -2.18. The standard InChI is InChI=1S/C14H15F2NO2/c1-17-13(9-11-6-3-7-18-11)10-4-2-5-12(8-10)19-14(15)16/h2-8,13-14,17H,9H2,1H3. The molecule has 0 aliphatic heterocycles. The number of likely N-dealkylation sites (N-methyl/N-ethyl adjacent to an activating group) is 1. The van der Waals surface area contributed by atoms with Crippen LogP contribution in [0.15, 0.2) is 47.1 Å². The predicted octanol–water partition coefficient (Wildman–Crippen LogP) is 3.38. The van der Waals surface area contributed by atoms with Gasteiger partial charge in [0.05, 0.1) is 6.26 Å². The maximum atomic E-state index is 12.2. The normalized spacial score (nSPS) is 12.6. The van der Waals surface area contributed by atoms with E-state index in [4.69, 9.17) is 4.42 Å².